The van der Waals surface area contributed by atoms with E-state index in [0.717, 1.165) is 22.2 Å². The number of ether oxygens (including phenoxy) is 2. The first-order valence-electron chi connectivity index (χ1n) is 6.39. The van der Waals surface area contributed by atoms with Gasteiger partial charge in [-0.15, -0.1) is 0 Å². The van der Waals surface area contributed by atoms with Gasteiger partial charge in [0.05, 0.1) is 19.7 Å². The van der Waals surface area contributed by atoms with Crippen LogP contribution < -0.4 is 10.2 Å². The maximum Gasteiger partial charge on any atom is 0.353 e. The molecule has 0 saturated heterocycles. The molecule has 0 aliphatic rings. The number of methoxy groups -OCH3 is 2. The molecular weight excluding hydrogens is 270 g/mol. The number of rotatable bonds is 4. The molecular formula is C15H17N3O3. The number of hydrogen-bond donors (Lipinski definition) is 1. The van der Waals surface area contributed by atoms with Crippen LogP contribution in [0, 0.1) is 6.92 Å². The Labute approximate surface area is 122 Å². The maximum atomic E-state index is 11.3. The van der Waals surface area contributed by atoms with Gasteiger partial charge in [-0.2, -0.15) is 5.10 Å². The highest BCUT2D eigenvalue weighted by atomic mass is 16.5. The fourth-order valence-corrected chi connectivity index (χ4v) is 1.90. The second-order valence-electron chi connectivity index (χ2n) is 4.51. The number of esters is 1. The van der Waals surface area contributed by atoms with Crippen molar-refractivity contribution in [2.45, 2.75) is 13.8 Å². The van der Waals surface area contributed by atoms with Gasteiger partial charge in [-0.3, -0.25) is 5.43 Å². The van der Waals surface area contributed by atoms with Crippen LogP contribution in [0.5, 0.6) is 5.75 Å². The number of carbonyl (C=O) groups is 1. The summed E-state index contributed by atoms with van der Waals surface area (Å²) in [5.74, 6) is 0.805. The Kier molecular flexibility index (Phi) is 4.37. The molecule has 0 bridgehead atoms. The quantitative estimate of drug-likeness (QED) is 0.531. The number of anilines is 1. The molecule has 0 radical (unpaired) electrons. The minimum Gasteiger partial charge on any atom is -0.497 e. The average molecular weight is 287 g/mol. The van der Waals surface area contributed by atoms with Crippen LogP contribution in [0.15, 0.2) is 29.4 Å². The number of nitrogens with zero attached hydrogens (tertiary/aromatic N) is 2. The lowest BCUT2D eigenvalue weighted by molar-refractivity contribution is -0.132. The van der Waals surface area contributed by atoms with Gasteiger partial charge in [0.25, 0.3) is 0 Å². The molecule has 0 unspecified atom stereocenters. The van der Waals surface area contributed by atoms with Crippen molar-refractivity contribution >= 4 is 28.4 Å². The van der Waals surface area contributed by atoms with E-state index in [2.05, 4.69) is 20.2 Å². The van der Waals surface area contributed by atoms with Crippen molar-refractivity contribution < 1.29 is 14.3 Å². The van der Waals surface area contributed by atoms with E-state index in [4.69, 9.17) is 4.74 Å². The van der Waals surface area contributed by atoms with Crippen LogP contribution in [0.25, 0.3) is 10.9 Å². The van der Waals surface area contributed by atoms with Crippen LogP contribution in [0.1, 0.15) is 12.5 Å². The summed E-state index contributed by atoms with van der Waals surface area (Å²) >= 11 is 0. The van der Waals surface area contributed by atoms with Crippen molar-refractivity contribution in [3.8, 4) is 5.75 Å². The number of aromatic nitrogens is 1. The van der Waals surface area contributed by atoms with E-state index in [1.54, 1.807) is 14.0 Å². The summed E-state index contributed by atoms with van der Waals surface area (Å²) in [6.07, 6.45) is 0. The van der Waals surface area contributed by atoms with E-state index in [1.165, 1.54) is 7.11 Å². The van der Waals surface area contributed by atoms with Crippen molar-refractivity contribution in [3.05, 3.63) is 29.8 Å². The number of benzene rings is 1. The fraction of sp³-hybridized carbons (Fsp3) is 0.267. The summed E-state index contributed by atoms with van der Waals surface area (Å²) in [4.78, 5) is 15.7. The van der Waals surface area contributed by atoms with E-state index in [9.17, 15) is 4.79 Å². The highest BCUT2D eigenvalue weighted by molar-refractivity contribution is 6.35. The summed E-state index contributed by atoms with van der Waals surface area (Å²) in [5.41, 5.74) is 4.84. The minimum atomic E-state index is -0.485. The van der Waals surface area contributed by atoms with E-state index in [1.807, 2.05) is 31.2 Å². The van der Waals surface area contributed by atoms with Crippen LogP contribution in [0.2, 0.25) is 0 Å². The highest BCUT2D eigenvalue weighted by Crippen LogP contribution is 2.24. The third-order valence-corrected chi connectivity index (χ3v) is 3.04. The Balaban J connectivity index is 2.35. The normalized spacial score (nSPS) is 11.3. The third-order valence-electron chi connectivity index (χ3n) is 3.04. The average Bonchev–Trinajstić information content (AvgIpc) is 2.51. The second kappa shape index (κ2) is 6.21. The predicted molar refractivity (Wildman–Crippen MR) is 81.8 cm³/mol. The fourth-order valence-electron chi connectivity index (χ4n) is 1.90. The van der Waals surface area contributed by atoms with Crippen LogP contribution >= 0.6 is 0 Å². The largest absolute Gasteiger partial charge is 0.497 e. The molecule has 0 saturated carbocycles. The number of hydrazone groups is 1. The van der Waals surface area contributed by atoms with Gasteiger partial charge in [0.1, 0.15) is 17.3 Å². The van der Waals surface area contributed by atoms with Crippen molar-refractivity contribution in [2.24, 2.45) is 5.10 Å². The first kappa shape index (κ1) is 14.8. The molecule has 0 spiro atoms. The molecule has 0 fully saturated rings. The topological polar surface area (TPSA) is 72.8 Å². The van der Waals surface area contributed by atoms with E-state index < -0.39 is 5.97 Å². The van der Waals surface area contributed by atoms with Gasteiger partial charge in [-0.25, -0.2) is 9.78 Å². The molecule has 0 aliphatic heterocycles. The maximum absolute atomic E-state index is 11.3. The Morgan fingerprint density at radius 3 is 2.71 bits per heavy atom. The van der Waals surface area contributed by atoms with Gasteiger partial charge in [0.2, 0.25) is 0 Å². The van der Waals surface area contributed by atoms with Crippen LogP contribution in [-0.2, 0) is 9.53 Å². The summed E-state index contributed by atoms with van der Waals surface area (Å²) in [6, 6.07) is 7.57. The molecule has 1 N–H and O–H groups in total. The molecule has 1 heterocycles. The zero-order valence-electron chi connectivity index (χ0n) is 12.4. The van der Waals surface area contributed by atoms with Gasteiger partial charge >= 0.3 is 5.97 Å². The highest BCUT2D eigenvalue weighted by Gasteiger charge is 2.06. The summed E-state index contributed by atoms with van der Waals surface area (Å²) in [5, 5.41) is 4.99. The van der Waals surface area contributed by atoms with Crippen molar-refractivity contribution in [1.29, 1.82) is 0 Å². The Hall–Kier alpha value is -2.63. The van der Waals surface area contributed by atoms with E-state index >= 15 is 0 Å². The molecule has 21 heavy (non-hydrogen) atoms. The Bertz CT molecular complexity index is 711. The third kappa shape index (κ3) is 3.28. The molecule has 2 rings (SSSR count). The lowest BCUT2D eigenvalue weighted by atomic mass is 10.1. The Morgan fingerprint density at radius 2 is 2.05 bits per heavy atom. The molecule has 1 aromatic carbocycles. The smallest absolute Gasteiger partial charge is 0.353 e. The predicted octanol–water partition coefficient (Wildman–Crippen LogP) is 2.51. The van der Waals surface area contributed by atoms with Crippen molar-refractivity contribution in [1.82, 2.24) is 4.98 Å². The van der Waals surface area contributed by atoms with Gasteiger partial charge < -0.3 is 9.47 Å². The van der Waals surface area contributed by atoms with Gasteiger partial charge in [0, 0.05) is 11.5 Å². The number of fused-ring (bicyclic) bond motifs is 1. The zero-order chi connectivity index (χ0) is 15.4. The standard InChI is InChI=1S/C15H17N3O3/c1-9-7-14(18-17-10(2)15(19)21-4)16-13-8-11(20-3)5-6-12(9)13/h5-8H,1-4H3,(H,16,18)/b17-10+. The van der Waals surface area contributed by atoms with Crippen molar-refractivity contribution in [3.63, 3.8) is 0 Å². The molecule has 6 nitrogen and oxygen atoms in total. The Morgan fingerprint density at radius 1 is 1.29 bits per heavy atom. The summed E-state index contributed by atoms with van der Waals surface area (Å²) < 4.78 is 9.78. The van der Waals surface area contributed by atoms with E-state index in [0.29, 0.717) is 5.82 Å². The monoisotopic (exact) mass is 287 g/mol. The molecule has 0 aliphatic carbocycles. The van der Waals surface area contributed by atoms with Gasteiger partial charge in [0.15, 0.2) is 0 Å². The lowest BCUT2D eigenvalue weighted by Crippen LogP contribution is -2.13. The molecule has 0 amide bonds. The number of carbonyl (C=O) groups excluding carboxylic acids is 1. The molecule has 110 valence electrons. The van der Waals surface area contributed by atoms with Crippen LogP contribution in [0.4, 0.5) is 5.82 Å². The summed E-state index contributed by atoms with van der Waals surface area (Å²) in [6.45, 7) is 3.55. The first-order valence-corrected chi connectivity index (χ1v) is 6.39. The minimum absolute atomic E-state index is 0.225. The second-order valence-corrected chi connectivity index (χ2v) is 4.51. The number of aryl methyl sites for hydroxylation is 1. The van der Waals surface area contributed by atoms with E-state index in [-0.39, 0.29) is 5.71 Å². The molecule has 0 atom stereocenters. The number of nitrogens with one attached hydrogen (secondary N) is 1. The lowest BCUT2D eigenvalue weighted by Gasteiger charge is -2.08. The zero-order valence-corrected chi connectivity index (χ0v) is 12.4. The first-order chi connectivity index (χ1) is 10.0. The molecule has 2 aromatic rings. The molecule has 1 aromatic heterocycles. The molecule has 6 heteroatoms. The van der Waals surface area contributed by atoms with Crippen molar-refractivity contribution in [2.75, 3.05) is 19.6 Å². The van der Waals surface area contributed by atoms with Crippen LogP contribution in [-0.4, -0.2) is 30.9 Å². The van der Waals surface area contributed by atoms with Gasteiger partial charge in [-0.05, 0) is 37.6 Å². The van der Waals surface area contributed by atoms with Gasteiger partial charge in [-0.1, -0.05) is 0 Å². The SMILES string of the molecule is COC(=O)/C(C)=N/Nc1cc(C)c2ccc(OC)cc2n1. The summed E-state index contributed by atoms with van der Waals surface area (Å²) in [7, 11) is 2.92. The van der Waals surface area contributed by atoms with Crippen LogP contribution in [0.3, 0.4) is 0 Å². The number of pyridine rings is 1. The number of hydrogen-bond acceptors (Lipinski definition) is 6.